The van der Waals surface area contributed by atoms with Crippen LogP contribution in [0.4, 0.5) is 11.4 Å². The van der Waals surface area contributed by atoms with Gasteiger partial charge in [-0.25, -0.2) is 0 Å². The first-order chi connectivity index (χ1) is 14.7. The van der Waals surface area contributed by atoms with Gasteiger partial charge in [0.1, 0.15) is 0 Å². The SMILES string of the molecule is Clc1ccc2c(NC3CCCC(Nc4ccnc5cc(Cl)ccc45)C3)ccnc2c1. The molecule has 0 spiro atoms. The Morgan fingerprint density at radius 1 is 0.700 bits per heavy atom. The van der Waals surface area contributed by atoms with Crippen molar-refractivity contribution < 1.29 is 0 Å². The molecule has 152 valence electrons. The standard InChI is InChI=1S/C24H22Cl2N4/c25-15-4-6-19-21(8-10-27-23(19)12-15)29-17-2-1-3-18(14-17)30-22-9-11-28-24-13-16(26)5-7-20(22)24/h4-13,17-18H,1-3,14H2,(H,27,29)(H,28,30). The molecule has 0 saturated heterocycles. The van der Waals surface area contributed by atoms with Crippen LogP contribution in [0.2, 0.25) is 10.0 Å². The van der Waals surface area contributed by atoms with Gasteiger partial charge in [0.05, 0.1) is 11.0 Å². The molecule has 4 nitrogen and oxygen atoms in total. The maximum atomic E-state index is 6.13. The van der Waals surface area contributed by atoms with Crippen LogP contribution in [0, 0.1) is 0 Å². The molecule has 4 aromatic rings. The molecule has 2 aromatic carbocycles. The summed E-state index contributed by atoms with van der Waals surface area (Å²) in [6, 6.07) is 16.6. The summed E-state index contributed by atoms with van der Waals surface area (Å²) >= 11 is 12.3. The third-order valence-corrected chi connectivity index (χ3v) is 6.27. The normalized spacial score (nSPS) is 19.1. The first-order valence-electron chi connectivity index (χ1n) is 10.3. The molecular weight excluding hydrogens is 415 g/mol. The van der Waals surface area contributed by atoms with E-state index in [0.29, 0.717) is 22.1 Å². The van der Waals surface area contributed by atoms with Crippen molar-refractivity contribution in [2.24, 2.45) is 0 Å². The molecule has 2 unspecified atom stereocenters. The highest BCUT2D eigenvalue weighted by Crippen LogP contribution is 2.31. The van der Waals surface area contributed by atoms with Crippen LogP contribution in [0.15, 0.2) is 60.9 Å². The van der Waals surface area contributed by atoms with Crippen molar-refractivity contribution in [3.8, 4) is 0 Å². The van der Waals surface area contributed by atoms with Crippen molar-refractivity contribution in [1.82, 2.24) is 9.97 Å². The molecule has 30 heavy (non-hydrogen) atoms. The molecule has 1 saturated carbocycles. The van der Waals surface area contributed by atoms with E-state index in [1.807, 2.05) is 60.9 Å². The molecule has 1 aliphatic carbocycles. The van der Waals surface area contributed by atoms with E-state index in [4.69, 9.17) is 23.2 Å². The fraction of sp³-hybridized carbons (Fsp3) is 0.250. The molecule has 0 bridgehead atoms. The number of fused-ring (bicyclic) bond motifs is 2. The predicted octanol–water partition coefficient (Wildman–Crippen LogP) is 6.93. The van der Waals surface area contributed by atoms with Gasteiger partial charge < -0.3 is 10.6 Å². The van der Waals surface area contributed by atoms with E-state index in [1.54, 1.807) is 0 Å². The lowest BCUT2D eigenvalue weighted by molar-refractivity contribution is 0.428. The minimum absolute atomic E-state index is 0.403. The number of pyridine rings is 2. The molecule has 6 heteroatoms. The van der Waals surface area contributed by atoms with Gasteiger partial charge in [-0.15, -0.1) is 0 Å². The Morgan fingerprint density at radius 3 is 1.70 bits per heavy atom. The van der Waals surface area contributed by atoms with Gasteiger partial charge in [-0.3, -0.25) is 9.97 Å². The van der Waals surface area contributed by atoms with E-state index < -0.39 is 0 Å². The molecule has 2 atom stereocenters. The zero-order chi connectivity index (χ0) is 20.5. The van der Waals surface area contributed by atoms with Crippen molar-refractivity contribution in [2.45, 2.75) is 37.8 Å². The Bertz CT molecular complexity index is 1120. The average Bonchev–Trinajstić information content (AvgIpc) is 2.74. The van der Waals surface area contributed by atoms with Crippen molar-refractivity contribution in [3.63, 3.8) is 0 Å². The topological polar surface area (TPSA) is 49.8 Å². The van der Waals surface area contributed by atoms with Crippen LogP contribution in [0.1, 0.15) is 25.7 Å². The lowest BCUT2D eigenvalue weighted by Crippen LogP contribution is -2.34. The molecular formula is C24H22Cl2N4. The maximum Gasteiger partial charge on any atom is 0.0737 e. The third-order valence-electron chi connectivity index (χ3n) is 5.80. The van der Waals surface area contributed by atoms with E-state index in [2.05, 4.69) is 20.6 Å². The van der Waals surface area contributed by atoms with Crippen LogP contribution < -0.4 is 10.6 Å². The first kappa shape index (κ1) is 19.4. The second-order valence-electron chi connectivity index (χ2n) is 7.89. The van der Waals surface area contributed by atoms with Crippen molar-refractivity contribution in [2.75, 3.05) is 10.6 Å². The number of hydrogen-bond donors (Lipinski definition) is 2. The number of hydrogen-bond acceptors (Lipinski definition) is 4. The van der Waals surface area contributed by atoms with Crippen LogP contribution in [0.3, 0.4) is 0 Å². The molecule has 2 N–H and O–H groups in total. The molecule has 2 heterocycles. The Hall–Kier alpha value is -2.56. The quantitative estimate of drug-likeness (QED) is 0.364. The highest BCUT2D eigenvalue weighted by atomic mass is 35.5. The van der Waals surface area contributed by atoms with Gasteiger partial charge in [0.15, 0.2) is 0 Å². The summed E-state index contributed by atoms with van der Waals surface area (Å²) in [5, 5.41) is 11.1. The van der Waals surface area contributed by atoms with Gasteiger partial charge in [0, 0.05) is 56.7 Å². The van der Waals surface area contributed by atoms with Crippen LogP contribution in [0.25, 0.3) is 21.8 Å². The minimum Gasteiger partial charge on any atom is -0.382 e. The number of anilines is 2. The third kappa shape index (κ3) is 4.03. The largest absolute Gasteiger partial charge is 0.382 e. The Balaban J connectivity index is 1.34. The minimum atomic E-state index is 0.403. The second-order valence-corrected chi connectivity index (χ2v) is 8.76. The summed E-state index contributed by atoms with van der Waals surface area (Å²) in [6.07, 6.45) is 8.22. The summed E-state index contributed by atoms with van der Waals surface area (Å²) in [5.41, 5.74) is 4.07. The molecule has 1 aliphatic rings. The molecule has 0 aliphatic heterocycles. The fourth-order valence-electron chi connectivity index (χ4n) is 4.39. The summed E-state index contributed by atoms with van der Waals surface area (Å²) in [7, 11) is 0. The van der Waals surface area contributed by atoms with Gasteiger partial charge in [-0.05, 0) is 74.2 Å². The van der Waals surface area contributed by atoms with E-state index in [1.165, 1.54) is 6.42 Å². The molecule has 1 fully saturated rings. The summed E-state index contributed by atoms with van der Waals surface area (Å²) in [6.45, 7) is 0. The van der Waals surface area contributed by atoms with E-state index in [0.717, 1.165) is 52.4 Å². The van der Waals surface area contributed by atoms with Gasteiger partial charge in [0.25, 0.3) is 0 Å². The zero-order valence-electron chi connectivity index (χ0n) is 16.4. The van der Waals surface area contributed by atoms with Gasteiger partial charge in [0.2, 0.25) is 0 Å². The second kappa shape index (κ2) is 8.29. The van der Waals surface area contributed by atoms with Crippen LogP contribution in [-0.2, 0) is 0 Å². The smallest absolute Gasteiger partial charge is 0.0737 e. The number of halogens is 2. The number of benzene rings is 2. The molecule has 0 radical (unpaired) electrons. The average molecular weight is 437 g/mol. The fourth-order valence-corrected chi connectivity index (χ4v) is 4.72. The predicted molar refractivity (Wildman–Crippen MR) is 127 cm³/mol. The number of nitrogens with zero attached hydrogens (tertiary/aromatic N) is 2. The molecule has 5 rings (SSSR count). The van der Waals surface area contributed by atoms with Crippen molar-refractivity contribution in [3.05, 3.63) is 71.0 Å². The number of aromatic nitrogens is 2. The van der Waals surface area contributed by atoms with Crippen LogP contribution in [0.5, 0.6) is 0 Å². The van der Waals surface area contributed by atoms with Crippen molar-refractivity contribution >= 4 is 56.4 Å². The summed E-state index contributed by atoms with van der Waals surface area (Å²) in [4.78, 5) is 8.90. The van der Waals surface area contributed by atoms with Gasteiger partial charge >= 0.3 is 0 Å². The van der Waals surface area contributed by atoms with E-state index in [-0.39, 0.29) is 0 Å². The zero-order valence-corrected chi connectivity index (χ0v) is 17.9. The first-order valence-corrected chi connectivity index (χ1v) is 11.0. The lowest BCUT2D eigenvalue weighted by atomic mass is 9.90. The van der Waals surface area contributed by atoms with Gasteiger partial charge in [-0.1, -0.05) is 23.2 Å². The highest BCUT2D eigenvalue weighted by Gasteiger charge is 2.23. The van der Waals surface area contributed by atoms with Gasteiger partial charge in [-0.2, -0.15) is 0 Å². The highest BCUT2D eigenvalue weighted by molar-refractivity contribution is 6.31. The Morgan fingerprint density at radius 2 is 1.20 bits per heavy atom. The maximum absolute atomic E-state index is 6.13. The van der Waals surface area contributed by atoms with E-state index >= 15 is 0 Å². The molecule has 0 amide bonds. The molecule has 2 aromatic heterocycles. The Labute approximate surface area is 185 Å². The number of rotatable bonds is 4. The Kier molecular flexibility index (Phi) is 5.36. The van der Waals surface area contributed by atoms with Crippen LogP contribution >= 0.6 is 23.2 Å². The summed E-state index contributed by atoms with van der Waals surface area (Å²) in [5.74, 6) is 0. The lowest BCUT2D eigenvalue weighted by Gasteiger charge is -2.32. The van der Waals surface area contributed by atoms with Crippen LogP contribution in [-0.4, -0.2) is 22.1 Å². The van der Waals surface area contributed by atoms with E-state index in [9.17, 15) is 0 Å². The summed E-state index contributed by atoms with van der Waals surface area (Å²) < 4.78 is 0. The van der Waals surface area contributed by atoms with Crippen molar-refractivity contribution in [1.29, 1.82) is 0 Å². The number of nitrogens with one attached hydrogen (secondary N) is 2. The monoisotopic (exact) mass is 436 g/mol.